The molecule has 1 heterocycles. The molecule has 0 aromatic heterocycles. The minimum absolute atomic E-state index is 0.0138. The third-order valence-corrected chi connectivity index (χ3v) is 4.68. The first kappa shape index (κ1) is 17.8. The van der Waals surface area contributed by atoms with E-state index in [1.54, 1.807) is 0 Å². The second kappa shape index (κ2) is 8.91. The zero-order chi connectivity index (χ0) is 16.7. The van der Waals surface area contributed by atoms with Gasteiger partial charge in [-0.3, -0.25) is 9.69 Å². The van der Waals surface area contributed by atoms with E-state index in [9.17, 15) is 9.59 Å². The number of aliphatic carboxylic acids is 1. The van der Waals surface area contributed by atoms with Gasteiger partial charge in [0.25, 0.3) is 0 Å². The van der Waals surface area contributed by atoms with Crippen molar-refractivity contribution < 1.29 is 24.2 Å². The molecule has 2 aliphatic rings. The minimum atomic E-state index is -1.00. The Morgan fingerprint density at radius 1 is 1.30 bits per heavy atom. The van der Waals surface area contributed by atoms with Crippen LogP contribution in [0.1, 0.15) is 44.9 Å². The standard InChI is InChI=1S/C17H27NO5/c1-2-3-4-7-13-11-22-12-15(13)23-17(21)18(10-16(19)20)14-8-5-6-9-14/h2,13-15H,1,3-12H2,(H,19,20)/t13-,15-/m0/s1. The molecule has 1 aliphatic carbocycles. The van der Waals surface area contributed by atoms with E-state index >= 15 is 0 Å². The number of hydrogen-bond donors (Lipinski definition) is 1. The minimum Gasteiger partial charge on any atom is -0.480 e. The summed E-state index contributed by atoms with van der Waals surface area (Å²) in [5.74, 6) is -0.812. The molecule has 0 aromatic carbocycles. The zero-order valence-corrected chi connectivity index (χ0v) is 13.6. The third-order valence-electron chi connectivity index (χ3n) is 4.68. The van der Waals surface area contributed by atoms with Crippen LogP contribution in [-0.4, -0.2) is 54.0 Å². The highest BCUT2D eigenvalue weighted by Gasteiger charge is 2.35. The van der Waals surface area contributed by atoms with Crippen molar-refractivity contribution in [1.29, 1.82) is 0 Å². The molecular formula is C17H27NO5. The van der Waals surface area contributed by atoms with Crippen LogP contribution in [0.4, 0.5) is 4.79 Å². The van der Waals surface area contributed by atoms with E-state index < -0.39 is 12.1 Å². The average molecular weight is 325 g/mol. The normalized spacial score (nSPS) is 24.5. The largest absolute Gasteiger partial charge is 0.480 e. The summed E-state index contributed by atoms with van der Waals surface area (Å²) in [5, 5.41) is 9.07. The molecule has 6 nitrogen and oxygen atoms in total. The Bertz CT molecular complexity index is 419. The Balaban J connectivity index is 1.90. The molecule has 2 fully saturated rings. The van der Waals surface area contributed by atoms with E-state index in [2.05, 4.69) is 6.58 Å². The smallest absolute Gasteiger partial charge is 0.410 e. The van der Waals surface area contributed by atoms with Crippen LogP contribution in [0, 0.1) is 5.92 Å². The van der Waals surface area contributed by atoms with Crippen LogP contribution >= 0.6 is 0 Å². The van der Waals surface area contributed by atoms with Gasteiger partial charge in [0.15, 0.2) is 0 Å². The monoisotopic (exact) mass is 325 g/mol. The van der Waals surface area contributed by atoms with Crippen LogP contribution in [0.15, 0.2) is 12.7 Å². The van der Waals surface area contributed by atoms with Gasteiger partial charge in [-0.05, 0) is 32.1 Å². The molecule has 1 saturated heterocycles. The molecule has 1 amide bonds. The van der Waals surface area contributed by atoms with E-state index in [1.807, 2.05) is 6.08 Å². The number of rotatable bonds is 8. The summed E-state index contributed by atoms with van der Waals surface area (Å²) in [6.45, 7) is 4.41. The van der Waals surface area contributed by atoms with Crippen LogP contribution in [0.25, 0.3) is 0 Å². The number of nitrogens with zero attached hydrogens (tertiary/aromatic N) is 1. The second-order valence-corrected chi connectivity index (χ2v) is 6.40. The van der Waals surface area contributed by atoms with E-state index in [0.29, 0.717) is 13.2 Å². The number of carbonyl (C=O) groups is 2. The summed E-state index contributed by atoms with van der Waals surface area (Å²) in [4.78, 5) is 24.9. The van der Waals surface area contributed by atoms with Gasteiger partial charge in [0.1, 0.15) is 12.6 Å². The van der Waals surface area contributed by atoms with Crippen molar-refractivity contribution in [2.45, 2.75) is 57.1 Å². The van der Waals surface area contributed by atoms with Crippen molar-refractivity contribution in [2.75, 3.05) is 19.8 Å². The second-order valence-electron chi connectivity index (χ2n) is 6.40. The molecule has 0 aromatic rings. The number of unbranched alkanes of at least 4 members (excludes halogenated alkanes) is 1. The highest BCUT2D eigenvalue weighted by molar-refractivity contribution is 5.77. The molecule has 1 aliphatic heterocycles. The summed E-state index contributed by atoms with van der Waals surface area (Å²) in [6.07, 6.45) is 7.72. The molecule has 0 spiro atoms. The molecule has 1 saturated carbocycles. The number of allylic oxidation sites excluding steroid dienone is 1. The lowest BCUT2D eigenvalue weighted by atomic mass is 9.99. The molecule has 0 radical (unpaired) electrons. The Morgan fingerprint density at radius 2 is 2.04 bits per heavy atom. The fourth-order valence-corrected chi connectivity index (χ4v) is 3.40. The van der Waals surface area contributed by atoms with E-state index in [1.165, 1.54) is 4.90 Å². The summed E-state index contributed by atoms with van der Waals surface area (Å²) < 4.78 is 11.1. The molecule has 2 atom stereocenters. The van der Waals surface area contributed by atoms with E-state index in [4.69, 9.17) is 14.6 Å². The van der Waals surface area contributed by atoms with E-state index in [-0.39, 0.29) is 24.6 Å². The maximum atomic E-state index is 12.5. The topological polar surface area (TPSA) is 76.1 Å². The van der Waals surface area contributed by atoms with Gasteiger partial charge >= 0.3 is 12.1 Å². The van der Waals surface area contributed by atoms with Crippen LogP contribution in [0.2, 0.25) is 0 Å². The highest BCUT2D eigenvalue weighted by atomic mass is 16.6. The SMILES string of the molecule is C=CCCC[C@H]1COC[C@@H]1OC(=O)N(CC(=O)O)C1CCCC1. The molecule has 6 heteroatoms. The first-order chi connectivity index (χ1) is 11.1. The Kier molecular flexibility index (Phi) is 6.89. The summed E-state index contributed by atoms with van der Waals surface area (Å²) in [5.41, 5.74) is 0. The van der Waals surface area contributed by atoms with Gasteiger partial charge in [-0.1, -0.05) is 18.9 Å². The zero-order valence-electron chi connectivity index (χ0n) is 13.6. The Labute approximate surface area is 137 Å². The lowest BCUT2D eigenvalue weighted by Crippen LogP contribution is -2.44. The predicted molar refractivity (Wildman–Crippen MR) is 85.2 cm³/mol. The van der Waals surface area contributed by atoms with Crippen molar-refractivity contribution in [3.63, 3.8) is 0 Å². The number of amides is 1. The van der Waals surface area contributed by atoms with Crippen molar-refractivity contribution >= 4 is 12.1 Å². The summed E-state index contributed by atoms with van der Waals surface area (Å²) >= 11 is 0. The Hall–Kier alpha value is -1.56. The van der Waals surface area contributed by atoms with Crippen molar-refractivity contribution in [3.8, 4) is 0 Å². The molecule has 2 rings (SSSR count). The molecule has 130 valence electrons. The quantitative estimate of drug-likeness (QED) is 0.548. The third kappa shape index (κ3) is 5.23. The van der Waals surface area contributed by atoms with E-state index in [0.717, 1.165) is 44.9 Å². The van der Waals surface area contributed by atoms with Gasteiger partial charge in [-0.15, -0.1) is 6.58 Å². The maximum Gasteiger partial charge on any atom is 0.410 e. The lowest BCUT2D eigenvalue weighted by molar-refractivity contribution is -0.138. The number of carboxylic acid groups (broad SMARTS) is 1. The van der Waals surface area contributed by atoms with Crippen LogP contribution in [0.3, 0.4) is 0 Å². The number of carbonyl (C=O) groups excluding carboxylic acids is 1. The maximum absolute atomic E-state index is 12.5. The van der Waals surface area contributed by atoms with Crippen LogP contribution in [0.5, 0.6) is 0 Å². The average Bonchev–Trinajstić information content (AvgIpc) is 3.17. The molecule has 23 heavy (non-hydrogen) atoms. The first-order valence-corrected chi connectivity index (χ1v) is 8.49. The van der Waals surface area contributed by atoms with Gasteiger partial charge < -0.3 is 14.6 Å². The number of carboxylic acids is 1. The first-order valence-electron chi connectivity index (χ1n) is 8.49. The van der Waals surface area contributed by atoms with Crippen molar-refractivity contribution in [1.82, 2.24) is 4.90 Å². The van der Waals surface area contributed by atoms with Gasteiger partial charge in [0.2, 0.25) is 0 Å². The van der Waals surface area contributed by atoms with Gasteiger partial charge in [-0.25, -0.2) is 4.79 Å². The van der Waals surface area contributed by atoms with Gasteiger partial charge in [0.05, 0.1) is 13.2 Å². The van der Waals surface area contributed by atoms with Gasteiger partial charge in [-0.2, -0.15) is 0 Å². The summed E-state index contributed by atoms with van der Waals surface area (Å²) in [6, 6.07) is -0.0138. The molecule has 0 bridgehead atoms. The van der Waals surface area contributed by atoms with Crippen LogP contribution < -0.4 is 0 Å². The van der Waals surface area contributed by atoms with Crippen molar-refractivity contribution in [2.24, 2.45) is 5.92 Å². The fraction of sp³-hybridized carbons (Fsp3) is 0.765. The van der Waals surface area contributed by atoms with Crippen molar-refractivity contribution in [3.05, 3.63) is 12.7 Å². The number of hydrogen-bond acceptors (Lipinski definition) is 4. The summed E-state index contributed by atoms with van der Waals surface area (Å²) in [7, 11) is 0. The molecule has 1 N–H and O–H groups in total. The Morgan fingerprint density at radius 3 is 2.70 bits per heavy atom. The van der Waals surface area contributed by atoms with Crippen LogP contribution in [-0.2, 0) is 14.3 Å². The predicted octanol–water partition coefficient (Wildman–Crippen LogP) is 2.82. The highest BCUT2D eigenvalue weighted by Crippen LogP contribution is 2.27. The molecular weight excluding hydrogens is 298 g/mol. The van der Waals surface area contributed by atoms with Gasteiger partial charge in [0, 0.05) is 12.0 Å². The lowest BCUT2D eigenvalue weighted by Gasteiger charge is -2.29. The molecule has 0 unspecified atom stereocenters. The fourth-order valence-electron chi connectivity index (χ4n) is 3.40. The number of ether oxygens (including phenoxy) is 2.